The summed E-state index contributed by atoms with van der Waals surface area (Å²) in [4.78, 5) is 19.5. The van der Waals surface area contributed by atoms with Gasteiger partial charge in [-0.2, -0.15) is 0 Å². The predicted octanol–water partition coefficient (Wildman–Crippen LogP) is 3.48. The van der Waals surface area contributed by atoms with Gasteiger partial charge in [-0.1, -0.05) is 26.7 Å². The third kappa shape index (κ3) is 4.94. The van der Waals surface area contributed by atoms with E-state index in [-0.39, 0.29) is 11.7 Å². The first kappa shape index (κ1) is 19.7. The standard InChI is InChI=1S/C20H32FN3O/c1-5-16(6-2)15-23(7-3)20(25)18-14-17(21)8-9-19(18)24-12-10-22(4)11-13-24/h8-9,14,16H,5-7,10-13,15H2,1-4H3. The van der Waals surface area contributed by atoms with Crippen LogP contribution in [0.4, 0.5) is 10.1 Å². The summed E-state index contributed by atoms with van der Waals surface area (Å²) in [6, 6.07) is 4.63. The van der Waals surface area contributed by atoms with Crippen molar-refractivity contribution in [1.29, 1.82) is 0 Å². The van der Waals surface area contributed by atoms with E-state index in [1.807, 2.05) is 11.8 Å². The van der Waals surface area contributed by atoms with E-state index in [0.717, 1.165) is 51.3 Å². The minimum absolute atomic E-state index is 0.0529. The van der Waals surface area contributed by atoms with Gasteiger partial charge in [0.2, 0.25) is 0 Å². The van der Waals surface area contributed by atoms with Crippen LogP contribution in [0.2, 0.25) is 0 Å². The van der Waals surface area contributed by atoms with Crippen LogP contribution in [0.25, 0.3) is 0 Å². The molecule has 1 heterocycles. The Morgan fingerprint density at radius 1 is 1.16 bits per heavy atom. The lowest BCUT2D eigenvalue weighted by molar-refractivity contribution is 0.0735. The van der Waals surface area contributed by atoms with Crippen molar-refractivity contribution < 1.29 is 9.18 Å². The quantitative estimate of drug-likeness (QED) is 0.754. The Morgan fingerprint density at radius 3 is 2.36 bits per heavy atom. The van der Waals surface area contributed by atoms with Gasteiger partial charge in [0.1, 0.15) is 5.82 Å². The van der Waals surface area contributed by atoms with Crippen LogP contribution in [-0.4, -0.2) is 62.0 Å². The number of anilines is 1. The lowest BCUT2D eigenvalue weighted by atomic mass is 10.0. The summed E-state index contributed by atoms with van der Waals surface area (Å²) in [5.41, 5.74) is 1.36. The molecule has 1 amide bonds. The van der Waals surface area contributed by atoms with E-state index in [1.54, 1.807) is 6.07 Å². The predicted molar refractivity (Wildman–Crippen MR) is 102 cm³/mol. The SMILES string of the molecule is CCC(CC)CN(CC)C(=O)c1cc(F)ccc1N1CCN(C)CC1. The second kappa shape index (κ2) is 9.18. The Balaban J connectivity index is 2.26. The van der Waals surface area contributed by atoms with Gasteiger partial charge < -0.3 is 14.7 Å². The monoisotopic (exact) mass is 349 g/mol. The summed E-state index contributed by atoms with van der Waals surface area (Å²) in [5, 5.41) is 0. The van der Waals surface area contributed by atoms with E-state index in [0.29, 0.717) is 18.0 Å². The highest BCUT2D eigenvalue weighted by atomic mass is 19.1. The smallest absolute Gasteiger partial charge is 0.256 e. The third-order valence-corrected chi connectivity index (χ3v) is 5.34. The average Bonchev–Trinajstić information content (AvgIpc) is 2.63. The van der Waals surface area contributed by atoms with Gasteiger partial charge in [0, 0.05) is 45.0 Å². The highest BCUT2D eigenvalue weighted by Crippen LogP contribution is 2.25. The Labute approximate surface area is 151 Å². The van der Waals surface area contributed by atoms with Gasteiger partial charge in [0.25, 0.3) is 5.91 Å². The van der Waals surface area contributed by atoms with Gasteiger partial charge in [-0.25, -0.2) is 4.39 Å². The molecule has 1 saturated heterocycles. The number of carbonyl (C=O) groups is 1. The van der Waals surface area contributed by atoms with Crippen LogP contribution < -0.4 is 4.90 Å². The van der Waals surface area contributed by atoms with Crippen LogP contribution in [0.5, 0.6) is 0 Å². The number of hydrogen-bond donors (Lipinski definition) is 0. The summed E-state index contributed by atoms with van der Waals surface area (Å²) < 4.78 is 13.9. The van der Waals surface area contributed by atoms with Crippen molar-refractivity contribution in [3.8, 4) is 0 Å². The number of nitrogens with zero attached hydrogens (tertiary/aromatic N) is 3. The zero-order chi connectivity index (χ0) is 18.4. The Kier molecular flexibility index (Phi) is 7.24. The van der Waals surface area contributed by atoms with E-state index in [2.05, 4.69) is 30.7 Å². The molecule has 2 rings (SSSR count). The van der Waals surface area contributed by atoms with E-state index in [9.17, 15) is 9.18 Å². The summed E-state index contributed by atoms with van der Waals surface area (Å²) >= 11 is 0. The van der Waals surface area contributed by atoms with Gasteiger partial charge >= 0.3 is 0 Å². The molecule has 0 aromatic heterocycles. The first-order valence-corrected chi connectivity index (χ1v) is 9.52. The van der Waals surface area contributed by atoms with Crippen molar-refractivity contribution in [3.05, 3.63) is 29.6 Å². The lowest BCUT2D eigenvalue weighted by Gasteiger charge is -2.35. The highest BCUT2D eigenvalue weighted by molar-refractivity contribution is 6.00. The van der Waals surface area contributed by atoms with Crippen LogP contribution in [0, 0.1) is 11.7 Å². The molecule has 0 spiro atoms. The normalized spacial score (nSPS) is 15.7. The molecule has 1 aliphatic rings. The van der Waals surface area contributed by atoms with E-state index in [4.69, 9.17) is 0 Å². The third-order valence-electron chi connectivity index (χ3n) is 5.34. The Morgan fingerprint density at radius 2 is 1.80 bits per heavy atom. The molecule has 1 aromatic carbocycles. The number of halogens is 1. The molecule has 25 heavy (non-hydrogen) atoms. The number of hydrogen-bond acceptors (Lipinski definition) is 3. The lowest BCUT2D eigenvalue weighted by Crippen LogP contribution is -2.45. The van der Waals surface area contributed by atoms with Crippen molar-refractivity contribution in [1.82, 2.24) is 9.80 Å². The number of piperazine rings is 1. The molecule has 0 saturated carbocycles. The molecule has 4 nitrogen and oxygen atoms in total. The molecule has 0 atom stereocenters. The topological polar surface area (TPSA) is 26.8 Å². The molecular formula is C20H32FN3O. The number of benzene rings is 1. The summed E-state index contributed by atoms with van der Waals surface area (Å²) in [6.07, 6.45) is 2.10. The van der Waals surface area contributed by atoms with Crippen LogP contribution in [-0.2, 0) is 0 Å². The maximum Gasteiger partial charge on any atom is 0.256 e. The van der Waals surface area contributed by atoms with Crippen LogP contribution in [0.15, 0.2) is 18.2 Å². The number of rotatable bonds is 7. The van der Waals surface area contributed by atoms with Crippen LogP contribution in [0.1, 0.15) is 44.0 Å². The van der Waals surface area contributed by atoms with E-state index in [1.165, 1.54) is 12.1 Å². The molecule has 1 aromatic rings. The molecule has 1 fully saturated rings. The summed E-state index contributed by atoms with van der Waals surface area (Å²) in [7, 11) is 2.10. The molecule has 0 radical (unpaired) electrons. The molecule has 5 heteroatoms. The maximum absolute atomic E-state index is 13.9. The Bertz CT molecular complexity index is 566. The van der Waals surface area contributed by atoms with Gasteiger partial charge in [-0.05, 0) is 38.1 Å². The average molecular weight is 349 g/mol. The van der Waals surface area contributed by atoms with Crippen molar-refractivity contribution in [2.24, 2.45) is 5.92 Å². The molecular weight excluding hydrogens is 317 g/mol. The summed E-state index contributed by atoms with van der Waals surface area (Å²) in [5.74, 6) is 0.0900. The molecule has 0 aliphatic carbocycles. The fourth-order valence-corrected chi connectivity index (χ4v) is 3.39. The first-order chi connectivity index (χ1) is 12.0. The van der Waals surface area contributed by atoms with Gasteiger partial charge in [-0.15, -0.1) is 0 Å². The van der Waals surface area contributed by atoms with E-state index < -0.39 is 0 Å². The van der Waals surface area contributed by atoms with Crippen molar-refractivity contribution in [2.45, 2.75) is 33.6 Å². The molecule has 1 aliphatic heterocycles. The number of amides is 1. The van der Waals surface area contributed by atoms with Gasteiger partial charge in [0.15, 0.2) is 0 Å². The summed E-state index contributed by atoms with van der Waals surface area (Å²) in [6.45, 7) is 11.3. The van der Waals surface area contributed by atoms with Crippen LogP contribution >= 0.6 is 0 Å². The van der Waals surface area contributed by atoms with Gasteiger partial charge in [0.05, 0.1) is 5.56 Å². The minimum atomic E-state index is -0.347. The molecule has 0 N–H and O–H groups in total. The fraction of sp³-hybridized carbons (Fsp3) is 0.650. The zero-order valence-corrected chi connectivity index (χ0v) is 16.1. The molecule has 0 bridgehead atoms. The minimum Gasteiger partial charge on any atom is -0.368 e. The maximum atomic E-state index is 13.9. The highest BCUT2D eigenvalue weighted by Gasteiger charge is 2.24. The van der Waals surface area contributed by atoms with Crippen molar-refractivity contribution >= 4 is 11.6 Å². The van der Waals surface area contributed by atoms with Gasteiger partial charge in [-0.3, -0.25) is 4.79 Å². The van der Waals surface area contributed by atoms with Crippen LogP contribution in [0.3, 0.4) is 0 Å². The Hall–Kier alpha value is -1.62. The second-order valence-electron chi connectivity index (χ2n) is 6.98. The fourth-order valence-electron chi connectivity index (χ4n) is 3.39. The largest absolute Gasteiger partial charge is 0.368 e. The van der Waals surface area contributed by atoms with E-state index >= 15 is 0 Å². The molecule has 140 valence electrons. The van der Waals surface area contributed by atoms with Crippen molar-refractivity contribution in [3.63, 3.8) is 0 Å². The zero-order valence-electron chi connectivity index (χ0n) is 16.1. The number of likely N-dealkylation sites (N-methyl/N-ethyl adjacent to an activating group) is 1. The first-order valence-electron chi connectivity index (χ1n) is 9.52. The number of carbonyl (C=O) groups excluding carboxylic acids is 1. The van der Waals surface area contributed by atoms with Crippen molar-refractivity contribution in [2.75, 3.05) is 51.2 Å². The molecule has 0 unspecified atom stereocenters. The second-order valence-corrected chi connectivity index (χ2v) is 6.98.